The summed E-state index contributed by atoms with van der Waals surface area (Å²) in [4.78, 5) is 19.6. The fourth-order valence-electron chi connectivity index (χ4n) is 3.20. The van der Waals surface area contributed by atoms with Crippen molar-refractivity contribution in [2.24, 2.45) is 4.99 Å². The summed E-state index contributed by atoms with van der Waals surface area (Å²) in [6, 6.07) is 1.82. The second-order valence-corrected chi connectivity index (χ2v) is 8.79. The summed E-state index contributed by atoms with van der Waals surface area (Å²) in [5.74, 6) is 2.20. The number of piperazine rings is 1. The molecule has 2 saturated heterocycles. The van der Waals surface area contributed by atoms with Crippen LogP contribution in [0.3, 0.4) is 0 Å². The zero-order valence-electron chi connectivity index (χ0n) is 15.6. The van der Waals surface area contributed by atoms with E-state index in [1.54, 1.807) is 19.4 Å². The number of halogens is 1. The van der Waals surface area contributed by atoms with Gasteiger partial charge in [0.15, 0.2) is 15.8 Å². The predicted molar refractivity (Wildman–Crippen MR) is 118 cm³/mol. The molecule has 0 amide bonds. The van der Waals surface area contributed by atoms with E-state index in [1.807, 2.05) is 6.07 Å². The molecule has 3 heterocycles. The third kappa shape index (κ3) is 6.42. The fourth-order valence-corrected chi connectivity index (χ4v) is 4.48. The first-order chi connectivity index (χ1) is 12.6. The second kappa shape index (κ2) is 10.4. The maximum atomic E-state index is 11.5. The van der Waals surface area contributed by atoms with E-state index in [2.05, 4.69) is 35.0 Å². The topological polar surface area (TPSA) is 94.0 Å². The van der Waals surface area contributed by atoms with Crippen molar-refractivity contribution >= 4 is 45.7 Å². The summed E-state index contributed by atoms with van der Waals surface area (Å²) in [7, 11) is -1.02. The zero-order chi connectivity index (χ0) is 18.4. The first-order valence-electron chi connectivity index (χ1n) is 8.98. The van der Waals surface area contributed by atoms with Gasteiger partial charge in [-0.1, -0.05) is 0 Å². The van der Waals surface area contributed by atoms with Crippen molar-refractivity contribution in [1.82, 2.24) is 25.1 Å². The van der Waals surface area contributed by atoms with E-state index in [9.17, 15) is 8.42 Å². The van der Waals surface area contributed by atoms with Crippen LogP contribution in [0, 0.1) is 0 Å². The molecule has 2 aliphatic heterocycles. The zero-order valence-corrected chi connectivity index (χ0v) is 18.8. The van der Waals surface area contributed by atoms with Crippen LogP contribution < -0.4 is 10.2 Å². The number of hydrogen-bond acceptors (Lipinski definition) is 7. The van der Waals surface area contributed by atoms with E-state index in [-0.39, 0.29) is 35.5 Å². The number of anilines is 1. The Labute approximate surface area is 178 Å². The highest BCUT2D eigenvalue weighted by molar-refractivity contribution is 14.0. The molecule has 2 aliphatic rings. The van der Waals surface area contributed by atoms with Crippen LogP contribution in [0.15, 0.2) is 23.5 Å². The molecule has 9 nitrogen and oxygen atoms in total. The average molecular weight is 509 g/mol. The Morgan fingerprint density at radius 1 is 1.11 bits per heavy atom. The molecule has 0 aliphatic carbocycles. The standard InChI is InChI=1S/C16H27N7O2S.HI/c1-17-15(20-5-6-21-11-13-26(24,25)14-12-21)22-7-9-23(10-8-22)16-18-3-2-4-19-16;/h2-4H,5-14H2,1H3,(H,17,20);1H. The smallest absolute Gasteiger partial charge is 0.225 e. The molecule has 1 aromatic heterocycles. The van der Waals surface area contributed by atoms with Crippen LogP contribution >= 0.6 is 24.0 Å². The van der Waals surface area contributed by atoms with Crippen LogP contribution in [0.25, 0.3) is 0 Å². The second-order valence-electron chi connectivity index (χ2n) is 6.49. The highest BCUT2D eigenvalue weighted by atomic mass is 127. The van der Waals surface area contributed by atoms with Gasteiger partial charge in [0.2, 0.25) is 5.95 Å². The van der Waals surface area contributed by atoms with Gasteiger partial charge in [-0.05, 0) is 6.07 Å². The number of rotatable bonds is 4. The SMILES string of the molecule is CN=C(NCCN1CCS(=O)(=O)CC1)N1CCN(c2ncccn2)CC1.I. The van der Waals surface area contributed by atoms with Gasteiger partial charge >= 0.3 is 0 Å². The van der Waals surface area contributed by atoms with Crippen LogP contribution in [0.1, 0.15) is 0 Å². The van der Waals surface area contributed by atoms with E-state index in [0.29, 0.717) is 13.1 Å². The van der Waals surface area contributed by atoms with Gasteiger partial charge in [0.25, 0.3) is 0 Å². The van der Waals surface area contributed by atoms with Gasteiger partial charge in [-0.25, -0.2) is 18.4 Å². The Hall–Kier alpha value is -1.21. The molecule has 2 fully saturated rings. The molecule has 0 aromatic carbocycles. The largest absolute Gasteiger partial charge is 0.355 e. The quantitative estimate of drug-likeness (QED) is 0.331. The monoisotopic (exact) mass is 509 g/mol. The molecule has 1 aromatic rings. The van der Waals surface area contributed by atoms with Crippen molar-refractivity contribution in [2.45, 2.75) is 0 Å². The molecule has 152 valence electrons. The highest BCUT2D eigenvalue weighted by Gasteiger charge is 2.23. The van der Waals surface area contributed by atoms with Gasteiger partial charge in [-0.3, -0.25) is 9.89 Å². The minimum absolute atomic E-state index is 0. The molecule has 0 radical (unpaired) electrons. The lowest BCUT2D eigenvalue weighted by atomic mass is 10.3. The Bertz CT molecular complexity index is 695. The van der Waals surface area contributed by atoms with Crippen molar-refractivity contribution in [2.75, 3.05) is 75.8 Å². The van der Waals surface area contributed by atoms with E-state index >= 15 is 0 Å². The Kier molecular flexibility index (Phi) is 8.48. The first kappa shape index (κ1) is 22.1. The van der Waals surface area contributed by atoms with Crippen molar-refractivity contribution < 1.29 is 8.42 Å². The minimum atomic E-state index is -2.82. The fraction of sp³-hybridized carbons (Fsp3) is 0.688. The van der Waals surface area contributed by atoms with Gasteiger partial charge in [0, 0.05) is 71.8 Å². The van der Waals surface area contributed by atoms with Gasteiger partial charge in [0.05, 0.1) is 11.5 Å². The number of sulfone groups is 1. The number of aromatic nitrogens is 2. The normalized spacial score (nSPS) is 20.9. The number of aliphatic imine (C=N–C) groups is 1. The predicted octanol–water partition coefficient (Wildman–Crippen LogP) is -0.478. The average Bonchev–Trinajstić information content (AvgIpc) is 2.67. The van der Waals surface area contributed by atoms with E-state index in [1.165, 1.54) is 0 Å². The maximum absolute atomic E-state index is 11.5. The molecule has 3 rings (SSSR count). The van der Waals surface area contributed by atoms with Crippen LogP contribution in [0.4, 0.5) is 5.95 Å². The third-order valence-electron chi connectivity index (χ3n) is 4.77. The van der Waals surface area contributed by atoms with Gasteiger partial charge in [0.1, 0.15) is 0 Å². The van der Waals surface area contributed by atoms with Crippen LogP contribution in [0.5, 0.6) is 0 Å². The first-order valence-corrected chi connectivity index (χ1v) is 10.8. The Morgan fingerprint density at radius 2 is 1.74 bits per heavy atom. The van der Waals surface area contributed by atoms with Crippen LogP contribution in [0.2, 0.25) is 0 Å². The molecular formula is C16H28IN7O2S. The molecule has 27 heavy (non-hydrogen) atoms. The summed E-state index contributed by atoms with van der Waals surface area (Å²) >= 11 is 0. The van der Waals surface area contributed by atoms with Crippen LogP contribution in [-0.2, 0) is 9.84 Å². The molecule has 0 saturated carbocycles. The number of hydrogen-bond donors (Lipinski definition) is 1. The Balaban J connectivity index is 0.00000261. The summed E-state index contributed by atoms with van der Waals surface area (Å²) in [5.41, 5.74) is 0. The third-order valence-corrected chi connectivity index (χ3v) is 6.38. The Morgan fingerprint density at radius 3 is 2.33 bits per heavy atom. The number of nitrogens with zero attached hydrogens (tertiary/aromatic N) is 6. The molecule has 1 N–H and O–H groups in total. The van der Waals surface area contributed by atoms with Crippen molar-refractivity contribution in [3.63, 3.8) is 0 Å². The lowest BCUT2D eigenvalue weighted by molar-refractivity contribution is 0.296. The molecule has 0 atom stereocenters. The lowest BCUT2D eigenvalue weighted by Crippen LogP contribution is -2.54. The lowest BCUT2D eigenvalue weighted by Gasteiger charge is -2.36. The van der Waals surface area contributed by atoms with E-state index in [4.69, 9.17) is 0 Å². The number of guanidine groups is 1. The minimum Gasteiger partial charge on any atom is -0.355 e. The molecule has 0 bridgehead atoms. The number of nitrogens with one attached hydrogen (secondary N) is 1. The summed E-state index contributed by atoms with van der Waals surface area (Å²) in [5, 5.41) is 3.40. The molecule has 0 spiro atoms. The molecule has 11 heteroatoms. The van der Waals surface area contributed by atoms with E-state index in [0.717, 1.165) is 51.2 Å². The summed E-state index contributed by atoms with van der Waals surface area (Å²) < 4.78 is 23.0. The molecule has 0 unspecified atom stereocenters. The van der Waals surface area contributed by atoms with Crippen LogP contribution in [-0.4, -0.2) is 105 Å². The molecular weight excluding hydrogens is 481 g/mol. The summed E-state index contributed by atoms with van der Waals surface area (Å²) in [6.45, 7) is 6.26. The van der Waals surface area contributed by atoms with Crippen molar-refractivity contribution in [3.05, 3.63) is 18.5 Å². The van der Waals surface area contributed by atoms with Crippen molar-refractivity contribution in [3.8, 4) is 0 Å². The van der Waals surface area contributed by atoms with Crippen molar-refractivity contribution in [1.29, 1.82) is 0 Å². The van der Waals surface area contributed by atoms with Gasteiger partial charge in [-0.2, -0.15) is 0 Å². The van der Waals surface area contributed by atoms with Gasteiger partial charge in [-0.15, -0.1) is 24.0 Å². The van der Waals surface area contributed by atoms with E-state index < -0.39 is 9.84 Å². The maximum Gasteiger partial charge on any atom is 0.225 e. The summed E-state index contributed by atoms with van der Waals surface area (Å²) in [6.07, 6.45) is 3.53. The van der Waals surface area contributed by atoms with Gasteiger partial charge < -0.3 is 15.1 Å². The highest BCUT2D eigenvalue weighted by Crippen LogP contribution is 2.09.